The fourth-order valence-corrected chi connectivity index (χ4v) is 2.66. The third-order valence-corrected chi connectivity index (χ3v) is 3.95. The van der Waals surface area contributed by atoms with Crippen LogP contribution in [0, 0.1) is 0 Å². The lowest BCUT2D eigenvalue weighted by Crippen LogP contribution is -2.46. The van der Waals surface area contributed by atoms with Crippen molar-refractivity contribution in [1.82, 2.24) is 5.32 Å². The molecule has 0 amide bonds. The Hall–Kier alpha value is -0.650. The summed E-state index contributed by atoms with van der Waals surface area (Å²) in [6.07, 6.45) is 7.02. The summed E-state index contributed by atoms with van der Waals surface area (Å²) in [7, 11) is 3.59. The number of ether oxygens (including phenoxy) is 3. The van der Waals surface area contributed by atoms with Crippen molar-refractivity contribution in [1.29, 1.82) is 0 Å². The van der Waals surface area contributed by atoms with Gasteiger partial charge in [0, 0.05) is 25.7 Å². The molecular formula is C15H29NO4. The first-order chi connectivity index (χ1) is 9.72. The summed E-state index contributed by atoms with van der Waals surface area (Å²) in [5, 5.41) is 3.33. The molecule has 0 aromatic heterocycles. The van der Waals surface area contributed by atoms with Crippen molar-refractivity contribution in [2.45, 2.75) is 50.5 Å². The number of rotatable bonds is 10. The first-order valence-electron chi connectivity index (χ1n) is 7.64. The fourth-order valence-electron chi connectivity index (χ4n) is 2.66. The van der Waals surface area contributed by atoms with Crippen molar-refractivity contribution in [3.63, 3.8) is 0 Å². The lowest BCUT2D eigenvalue weighted by atomic mass is 9.79. The van der Waals surface area contributed by atoms with Gasteiger partial charge in [0.2, 0.25) is 0 Å². The summed E-state index contributed by atoms with van der Waals surface area (Å²) < 4.78 is 15.5. The number of methoxy groups -OCH3 is 1. The lowest BCUT2D eigenvalue weighted by molar-refractivity contribution is -0.146. The van der Waals surface area contributed by atoms with Crippen molar-refractivity contribution in [3.05, 3.63) is 0 Å². The van der Waals surface area contributed by atoms with Crippen molar-refractivity contribution >= 4 is 5.97 Å². The molecule has 1 saturated carbocycles. The molecule has 0 aromatic carbocycles. The molecular weight excluding hydrogens is 258 g/mol. The lowest BCUT2D eigenvalue weighted by Gasteiger charge is -2.36. The minimum atomic E-state index is -0.0989. The Morgan fingerprint density at radius 1 is 1.10 bits per heavy atom. The third kappa shape index (κ3) is 6.68. The van der Waals surface area contributed by atoms with E-state index in [1.807, 2.05) is 7.05 Å². The molecule has 0 atom stereocenters. The van der Waals surface area contributed by atoms with E-state index in [1.165, 1.54) is 19.3 Å². The van der Waals surface area contributed by atoms with Gasteiger partial charge >= 0.3 is 5.97 Å². The van der Waals surface area contributed by atoms with Gasteiger partial charge in [0.15, 0.2) is 0 Å². The van der Waals surface area contributed by atoms with Crippen molar-refractivity contribution < 1.29 is 19.0 Å². The van der Waals surface area contributed by atoms with Gasteiger partial charge in [-0.2, -0.15) is 0 Å². The SMILES string of the molecule is CNC1(CC(=O)OCCCOCCOC)CCCCC1. The summed E-state index contributed by atoms with van der Waals surface area (Å²) in [5.41, 5.74) is -0.0374. The van der Waals surface area contributed by atoms with E-state index in [1.54, 1.807) is 7.11 Å². The Labute approximate surface area is 122 Å². The highest BCUT2D eigenvalue weighted by molar-refractivity contribution is 5.71. The molecule has 1 fully saturated rings. The van der Waals surface area contributed by atoms with Gasteiger partial charge in [-0.15, -0.1) is 0 Å². The molecule has 0 bridgehead atoms. The summed E-state index contributed by atoms with van der Waals surface area (Å²) in [6.45, 7) is 2.23. The molecule has 118 valence electrons. The van der Waals surface area contributed by atoms with Crippen LogP contribution in [0.15, 0.2) is 0 Å². The van der Waals surface area contributed by atoms with E-state index in [0.717, 1.165) is 19.3 Å². The standard InChI is InChI=1S/C15H29NO4/c1-16-15(7-4-3-5-8-15)13-14(17)20-10-6-9-19-12-11-18-2/h16H,3-13H2,1-2H3. The van der Waals surface area contributed by atoms with E-state index in [9.17, 15) is 4.79 Å². The normalized spacial score (nSPS) is 17.9. The van der Waals surface area contributed by atoms with Gasteiger partial charge in [-0.05, 0) is 19.9 Å². The first-order valence-corrected chi connectivity index (χ1v) is 7.64. The molecule has 5 nitrogen and oxygen atoms in total. The molecule has 0 saturated heterocycles. The molecule has 1 aliphatic carbocycles. The number of nitrogens with one attached hydrogen (secondary N) is 1. The van der Waals surface area contributed by atoms with Crippen LogP contribution < -0.4 is 5.32 Å². The number of hydrogen-bond acceptors (Lipinski definition) is 5. The second-order valence-corrected chi connectivity index (χ2v) is 5.45. The van der Waals surface area contributed by atoms with E-state index < -0.39 is 0 Å². The van der Waals surface area contributed by atoms with Gasteiger partial charge < -0.3 is 19.5 Å². The zero-order valence-electron chi connectivity index (χ0n) is 12.9. The number of hydrogen-bond donors (Lipinski definition) is 1. The molecule has 0 unspecified atom stereocenters. The van der Waals surface area contributed by atoms with Crippen molar-refractivity contribution in [2.75, 3.05) is 40.6 Å². The highest BCUT2D eigenvalue weighted by atomic mass is 16.5. The first kappa shape index (κ1) is 17.4. The quantitative estimate of drug-likeness (QED) is 0.491. The van der Waals surface area contributed by atoms with Crippen molar-refractivity contribution in [3.8, 4) is 0 Å². The van der Waals surface area contributed by atoms with Gasteiger partial charge in [-0.25, -0.2) is 0 Å². The van der Waals surface area contributed by atoms with E-state index >= 15 is 0 Å². The van der Waals surface area contributed by atoms with Gasteiger partial charge in [0.25, 0.3) is 0 Å². The zero-order chi connectivity index (χ0) is 14.7. The number of carbonyl (C=O) groups is 1. The molecule has 0 aliphatic heterocycles. The molecule has 0 spiro atoms. The van der Waals surface area contributed by atoms with E-state index in [-0.39, 0.29) is 11.5 Å². The Balaban J connectivity index is 2.10. The van der Waals surface area contributed by atoms with Crippen LogP contribution in [0.1, 0.15) is 44.9 Å². The smallest absolute Gasteiger partial charge is 0.307 e. The predicted molar refractivity (Wildman–Crippen MR) is 77.8 cm³/mol. The monoisotopic (exact) mass is 287 g/mol. The maximum atomic E-state index is 11.9. The van der Waals surface area contributed by atoms with Crippen molar-refractivity contribution in [2.24, 2.45) is 0 Å². The Bertz CT molecular complexity index is 265. The third-order valence-electron chi connectivity index (χ3n) is 3.95. The fraction of sp³-hybridized carbons (Fsp3) is 0.933. The summed E-state index contributed by atoms with van der Waals surface area (Å²) in [4.78, 5) is 11.9. The van der Waals surface area contributed by atoms with E-state index in [0.29, 0.717) is 32.8 Å². The molecule has 0 aromatic rings. The summed E-state index contributed by atoms with van der Waals surface area (Å²) in [6, 6.07) is 0. The van der Waals surface area contributed by atoms with Gasteiger partial charge in [-0.1, -0.05) is 19.3 Å². The maximum Gasteiger partial charge on any atom is 0.307 e. The van der Waals surface area contributed by atoms with Crippen LogP contribution in [0.3, 0.4) is 0 Å². The van der Waals surface area contributed by atoms with Crippen LogP contribution in [0.25, 0.3) is 0 Å². The largest absolute Gasteiger partial charge is 0.466 e. The Kier molecular flexibility index (Phi) is 8.82. The molecule has 0 radical (unpaired) electrons. The highest BCUT2D eigenvalue weighted by Gasteiger charge is 2.33. The minimum Gasteiger partial charge on any atom is -0.466 e. The molecule has 0 heterocycles. The highest BCUT2D eigenvalue weighted by Crippen LogP contribution is 2.30. The van der Waals surface area contributed by atoms with E-state index in [4.69, 9.17) is 14.2 Å². The zero-order valence-corrected chi connectivity index (χ0v) is 12.9. The van der Waals surface area contributed by atoms with Crippen LogP contribution in [0.4, 0.5) is 0 Å². The van der Waals surface area contributed by atoms with Crippen LogP contribution in [-0.4, -0.2) is 52.1 Å². The molecule has 1 aliphatic rings. The van der Waals surface area contributed by atoms with Crippen LogP contribution in [0.5, 0.6) is 0 Å². The number of carbonyl (C=O) groups excluding carboxylic acids is 1. The average molecular weight is 287 g/mol. The maximum absolute atomic E-state index is 11.9. The predicted octanol–water partition coefficient (Wildman–Crippen LogP) is 1.90. The number of esters is 1. The van der Waals surface area contributed by atoms with Crippen LogP contribution in [-0.2, 0) is 19.0 Å². The van der Waals surface area contributed by atoms with Gasteiger partial charge in [0.05, 0.1) is 26.2 Å². The average Bonchev–Trinajstić information content (AvgIpc) is 2.47. The second-order valence-electron chi connectivity index (χ2n) is 5.45. The van der Waals surface area contributed by atoms with Crippen LogP contribution in [0.2, 0.25) is 0 Å². The Morgan fingerprint density at radius 2 is 1.85 bits per heavy atom. The molecule has 1 rings (SSSR count). The van der Waals surface area contributed by atoms with Crippen LogP contribution >= 0.6 is 0 Å². The molecule has 20 heavy (non-hydrogen) atoms. The van der Waals surface area contributed by atoms with Gasteiger partial charge in [-0.3, -0.25) is 4.79 Å². The van der Waals surface area contributed by atoms with E-state index in [2.05, 4.69) is 5.32 Å². The summed E-state index contributed by atoms with van der Waals surface area (Å²) in [5.74, 6) is -0.0989. The second kappa shape index (κ2) is 10.1. The minimum absolute atomic E-state index is 0.0374. The molecule has 5 heteroatoms. The summed E-state index contributed by atoms with van der Waals surface area (Å²) >= 11 is 0. The molecule has 1 N–H and O–H groups in total. The topological polar surface area (TPSA) is 56.8 Å². The Morgan fingerprint density at radius 3 is 2.50 bits per heavy atom. The van der Waals surface area contributed by atoms with Gasteiger partial charge in [0.1, 0.15) is 0 Å².